The Morgan fingerprint density at radius 1 is 0.900 bits per heavy atom. The SMILES string of the molecule is COc1ccc(CNC(=O)/C(C#N)=C/c2cc(-c3ccccc3)n(-c3ccc(Br)cc3)c2-c2ccccc2)cc1. The lowest BCUT2D eigenvalue weighted by molar-refractivity contribution is -0.117. The number of amides is 1. The Morgan fingerprint density at radius 2 is 1.52 bits per heavy atom. The highest BCUT2D eigenvalue weighted by Crippen LogP contribution is 2.37. The topological polar surface area (TPSA) is 67.0 Å². The van der Waals surface area contributed by atoms with Gasteiger partial charge in [-0.05, 0) is 65.2 Å². The number of carbonyl (C=O) groups is 1. The molecular weight excluding hydrogens is 562 g/mol. The van der Waals surface area contributed by atoms with Crippen molar-refractivity contribution in [3.8, 4) is 40.0 Å². The minimum atomic E-state index is -0.435. The molecule has 196 valence electrons. The number of carbonyl (C=O) groups excluding carboxylic acids is 1. The van der Waals surface area contributed by atoms with Gasteiger partial charge in [-0.1, -0.05) is 88.7 Å². The molecule has 0 atom stereocenters. The van der Waals surface area contributed by atoms with Crippen molar-refractivity contribution in [2.45, 2.75) is 6.54 Å². The number of methoxy groups -OCH3 is 1. The van der Waals surface area contributed by atoms with Gasteiger partial charge in [0.2, 0.25) is 0 Å². The van der Waals surface area contributed by atoms with Crippen molar-refractivity contribution >= 4 is 27.9 Å². The molecule has 1 amide bonds. The summed E-state index contributed by atoms with van der Waals surface area (Å²) in [6.45, 7) is 0.294. The molecular formula is C34H26BrN3O2. The minimum absolute atomic E-state index is 0.0262. The molecule has 5 nitrogen and oxygen atoms in total. The molecule has 0 aliphatic carbocycles. The van der Waals surface area contributed by atoms with Crippen LogP contribution < -0.4 is 10.1 Å². The molecule has 0 saturated heterocycles. The molecule has 5 aromatic rings. The molecule has 6 heteroatoms. The Hall–Kier alpha value is -4.86. The Kier molecular flexibility index (Phi) is 8.24. The van der Waals surface area contributed by atoms with Crippen LogP contribution in [0.1, 0.15) is 11.1 Å². The van der Waals surface area contributed by atoms with Crippen LogP contribution in [-0.2, 0) is 11.3 Å². The normalized spacial score (nSPS) is 11.1. The number of nitriles is 1. The molecule has 0 aliphatic heterocycles. The van der Waals surface area contributed by atoms with Gasteiger partial charge in [0, 0.05) is 22.3 Å². The Balaban J connectivity index is 1.61. The van der Waals surface area contributed by atoms with E-state index in [1.165, 1.54) is 0 Å². The average molecular weight is 589 g/mol. The average Bonchev–Trinajstić information content (AvgIpc) is 3.39. The number of halogens is 1. The molecule has 4 aromatic carbocycles. The van der Waals surface area contributed by atoms with E-state index in [9.17, 15) is 10.1 Å². The number of aromatic nitrogens is 1. The van der Waals surface area contributed by atoms with Crippen molar-refractivity contribution in [1.82, 2.24) is 9.88 Å². The molecule has 0 saturated carbocycles. The van der Waals surface area contributed by atoms with Crippen LogP contribution in [0.15, 0.2) is 125 Å². The molecule has 1 N–H and O–H groups in total. The van der Waals surface area contributed by atoms with E-state index in [0.29, 0.717) is 6.54 Å². The number of nitrogens with zero attached hydrogens (tertiary/aromatic N) is 2. The number of hydrogen-bond donors (Lipinski definition) is 1. The molecule has 0 unspecified atom stereocenters. The van der Waals surface area contributed by atoms with Crippen LogP contribution >= 0.6 is 15.9 Å². The highest BCUT2D eigenvalue weighted by molar-refractivity contribution is 9.10. The standard InChI is InChI=1S/C34H26BrN3O2/c1-40-31-18-12-24(13-19-31)23-37-34(39)28(22-36)20-27-21-32(25-8-4-2-5-9-25)38(30-16-14-29(35)15-17-30)33(27)26-10-6-3-7-11-26/h2-21H,23H2,1H3,(H,37,39)/b28-20+. The highest BCUT2D eigenvalue weighted by Gasteiger charge is 2.20. The monoisotopic (exact) mass is 587 g/mol. The van der Waals surface area contributed by atoms with Crippen molar-refractivity contribution in [3.63, 3.8) is 0 Å². The van der Waals surface area contributed by atoms with Crippen LogP contribution in [0.25, 0.3) is 34.3 Å². The molecule has 5 rings (SSSR count). The van der Waals surface area contributed by atoms with Gasteiger partial charge in [0.1, 0.15) is 17.4 Å². The zero-order valence-corrected chi connectivity index (χ0v) is 23.4. The van der Waals surface area contributed by atoms with E-state index in [4.69, 9.17) is 4.74 Å². The summed E-state index contributed by atoms with van der Waals surface area (Å²) in [7, 11) is 1.61. The third-order valence-electron chi connectivity index (χ3n) is 6.51. The van der Waals surface area contributed by atoms with Gasteiger partial charge in [0.05, 0.1) is 18.5 Å². The predicted octanol–water partition coefficient (Wildman–Crippen LogP) is 7.81. The quantitative estimate of drug-likeness (QED) is 0.149. The van der Waals surface area contributed by atoms with Gasteiger partial charge < -0.3 is 14.6 Å². The summed E-state index contributed by atoms with van der Waals surface area (Å²) in [5.74, 6) is 0.306. The van der Waals surface area contributed by atoms with E-state index in [0.717, 1.165) is 49.6 Å². The highest BCUT2D eigenvalue weighted by atomic mass is 79.9. The summed E-state index contributed by atoms with van der Waals surface area (Å²) in [5.41, 5.74) is 6.48. The third-order valence-corrected chi connectivity index (χ3v) is 7.04. The maximum absolute atomic E-state index is 13.2. The first-order valence-electron chi connectivity index (χ1n) is 12.7. The van der Waals surface area contributed by atoms with Gasteiger partial charge in [-0.2, -0.15) is 5.26 Å². The smallest absolute Gasteiger partial charge is 0.262 e. The zero-order chi connectivity index (χ0) is 27.9. The lowest BCUT2D eigenvalue weighted by atomic mass is 10.0. The van der Waals surface area contributed by atoms with Crippen molar-refractivity contribution in [2.75, 3.05) is 7.11 Å². The molecule has 0 aliphatic rings. The first-order chi connectivity index (χ1) is 19.6. The lowest BCUT2D eigenvalue weighted by Crippen LogP contribution is -2.23. The summed E-state index contributed by atoms with van der Waals surface area (Å²) in [5, 5.41) is 12.9. The Bertz CT molecular complexity index is 1680. The fraction of sp³-hybridized carbons (Fsp3) is 0.0588. The van der Waals surface area contributed by atoms with Crippen LogP contribution in [0.2, 0.25) is 0 Å². The minimum Gasteiger partial charge on any atom is -0.497 e. The predicted molar refractivity (Wildman–Crippen MR) is 163 cm³/mol. The van der Waals surface area contributed by atoms with Gasteiger partial charge in [-0.25, -0.2) is 0 Å². The van der Waals surface area contributed by atoms with Crippen molar-refractivity contribution in [2.24, 2.45) is 0 Å². The number of benzene rings is 4. The zero-order valence-electron chi connectivity index (χ0n) is 21.8. The van der Waals surface area contributed by atoms with Crippen LogP contribution in [0.5, 0.6) is 5.75 Å². The van der Waals surface area contributed by atoms with Crippen LogP contribution in [0.4, 0.5) is 0 Å². The number of ether oxygens (including phenoxy) is 1. The van der Waals surface area contributed by atoms with Crippen LogP contribution in [-0.4, -0.2) is 17.6 Å². The Morgan fingerprint density at radius 3 is 2.12 bits per heavy atom. The largest absolute Gasteiger partial charge is 0.497 e. The lowest BCUT2D eigenvalue weighted by Gasteiger charge is -2.15. The van der Waals surface area contributed by atoms with Gasteiger partial charge in [0.15, 0.2) is 0 Å². The van der Waals surface area contributed by atoms with Gasteiger partial charge in [0.25, 0.3) is 5.91 Å². The number of hydrogen-bond acceptors (Lipinski definition) is 3. The summed E-state index contributed by atoms with van der Waals surface area (Å²) in [6, 6.07) is 39.8. The molecule has 0 spiro atoms. The Labute approximate surface area is 242 Å². The van der Waals surface area contributed by atoms with E-state index in [1.54, 1.807) is 13.2 Å². The van der Waals surface area contributed by atoms with E-state index < -0.39 is 5.91 Å². The fourth-order valence-electron chi connectivity index (χ4n) is 4.54. The van der Waals surface area contributed by atoms with Crippen LogP contribution in [0.3, 0.4) is 0 Å². The second-order valence-corrected chi connectivity index (χ2v) is 9.99. The molecule has 1 aromatic heterocycles. The van der Waals surface area contributed by atoms with Crippen LogP contribution in [0, 0.1) is 11.3 Å². The van der Waals surface area contributed by atoms with E-state index in [-0.39, 0.29) is 5.57 Å². The third kappa shape index (κ3) is 5.90. The van der Waals surface area contributed by atoms with Gasteiger partial charge in [-0.15, -0.1) is 0 Å². The summed E-state index contributed by atoms with van der Waals surface area (Å²) >= 11 is 3.54. The molecule has 0 bridgehead atoms. The number of nitrogens with one attached hydrogen (secondary N) is 1. The second kappa shape index (κ2) is 12.3. The summed E-state index contributed by atoms with van der Waals surface area (Å²) in [4.78, 5) is 13.2. The van der Waals surface area contributed by atoms with Gasteiger partial charge >= 0.3 is 0 Å². The maximum Gasteiger partial charge on any atom is 0.262 e. The molecule has 1 heterocycles. The molecule has 0 radical (unpaired) electrons. The van der Waals surface area contributed by atoms with Crippen molar-refractivity contribution in [1.29, 1.82) is 5.26 Å². The van der Waals surface area contributed by atoms with Gasteiger partial charge in [-0.3, -0.25) is 4.79 Å². The summed E-state index contributed by atoms with van der Waals surface area (Å²) < 4.78 is 8.35. The van der Waals surface area contributed by atoms with Crippen molar-refractivity contribution < 1.29 is 9.53 Å². The maximum atomic E-state index is 13.2. The first-order valence-corrected chi connectivity index (χ1v) is 13.5. The van der Waals surface area contributed by atoms with E-state index in [2.05, 4.69) is 44.0 Å². The first kappa shape index (κ1) is 26.7. The van der Waals surface area contributed by atoms with E-state index >= 15 is 0 Å². The molecule has 0 fully saturated rings. The van der Waals surface area contributed by atoms with E-state index in [1.807, 2.05) is 103 Å². The molecule has 40 heavy (non-hydrogen) atoms. The summed E-state index contributed by atoms with van der Waals surface area (Å²) in [6.07, 6.45) is 1.67. The number of rotatable bonds is 8. The second-order valence-electron chi connectivity index (χ2n) is 9.08. The van der Waals surface area contributed by atoms with Crippen molar-refractivity contribution in [3.05, 3.63) is 136 Å². The fourth-order valence-corrected chi connectivity index (χ4v) is 4.80.